The number of aldehydes is 1. The molecule has 0 atom stereocenters. The van der Waals surface area contributed by atoms with Crippen LogP contribution < -0.4 is 0 Å². The molecule has 1 aromatic carbocycles. The van der Waals surface area contributed by atoms with Crippen molar-refractivity contribution in [3.05, 3.63) is 35.1 Å². The molecule has 0 unspecified atom stereocenters. The second kappa shape index (κ2) is 3.24. The maximum Gasteiger partial charge on any atom is 0.339 e. The molecule has 1 N–H and O–H groups in total. The summed E-state index contributed by atoms with van der Waals surface area (Å²) in [7, 11) is 0. The number of benzene rings is 1. The zero-order chi connectivity index (χ0) is 11.0. The van der Waals surface area contributed by atoms with Crippen LogP contribution in [0.5, 0.6) is 0 Å². The zero-order valence-corrected chi connectivity index (χ0v) is 7.98. The van der Waals surface area contributed by atoms with E-state index in [0.29, 0.717) is 11.7 Å². The van der Waals surface area contributed by atoms with E-state index in [2.05, 4.69) is 0 Å². The Morgan fingerprint density at radius 2 is 2.13 bits per heavy atom. The minimum absolute atomic E-state index is 0.0816. The fraction of sp³-hybridized carbons (Fsp3) is 0.0909. The van der Waals surface area contributed by atoms with Gasteiger partial charge in [0.25, 0.3) is 0 Å². The van der Waals surface area contributed by atoms with Crippen molar-refractivity contribution in [3.8, 4) is 0 Å². The Bertz CT molecular complexity index is 551. The second-order valence-electron chi connectivity index (χ2n) is 3.30. The molecular weight excluding hydrogens is 196 g/mol. The lowest BCUT2D eigenvalue weighted by Crippen LogP contribution is -1.96. The molecule has 76 valence electrons. The smallest absolute Gasteiger partial charge is 0.339 e. The quantitative estimate of drug-likeness (QED) is 0.762. The van der Waals surface area contributed by atoms with Crippen LogP contribution >= 0.6 is 0 Å². The van der Waals surface area contributed by atoms with Crippen LogP contribution in [-0.4, -0.2) is 17.4 Å². The number of rotatable bonds is 2. The molecule has 2 rings (SSSR count). The molecule has 2 aromatic rings. The predicted octanol–water partition coefficient (Wildman–Crippen LogP) is 2.25. The van der Waals surface area contributed by atoms with Gasteiger partial charge in [0.2, 0.25) is 0 Å². The average Bonchev–Trinajstić information content (AvgIpc) is 2.58. The van der Waals surface area contributed by atoms with Gasteiger partial charge in [0.15, 0.2) is 12.0 Å². The maximum absolute atomic E-state index is 10.9. The third-order valence-electron chi connectivity index (χ3n) is 2.13. The summed E-state index contributed by atoms with van der Waals surface area (Å²) in [6.45, 7) is 1.79. The number of carbonyl (C=O) groups excluding carboxylic acids is 1. The minimum atomic E-state index is -1.06. The topological polar surface area (TPSA) is 67.5 Å². The molecule has 0 saturated carbocycles. The molecule has 0 aliphatic rings. The Labute approximate surface area is 85.1 Å². The standard InChI is InChI=1S/C11H8O4/c1-6-2-7-4-8(5-12)15-10(7)9(3-6)11(13)14/h2-5H,1H3,(H,13,14). The van der Waals surface area contributed by atoms with Gasteiger partial charge in [-0.2, -0.15) is 0 Å². The highest BCUT2D eigenvalue weighted by Crippen LogP contribution is 2.24. The largest absolute Gasteiger partial charge is 0.478 e. The predicted molar refractivity (Wildman–Crippen MR) is 53.3 cm³/mol. The van der Waals surface area contributed by atoms with Gasteiger partial charge in [0.1, 0.15) is 11.1 Å². The number of aromatic carboxylic acids is 1. The molecular formula is C11H8O4. The number of carboxylic acid groups (broad SMARTS) is 1. The molecule has 0 aliphatic carbocycles. The van der Waals surface area contributed by atoms with Gasteiger partial charge in [0, 0.05) is 5.39 Å². The van der Waals surface area contributed by atoms with Gasteiger partial charge >= 0.3 is 5.97 Å². The van der Waals surface area contributed by atoms with E-state index in [1.54, 1.807) is 13.0 Å². The van der Waals surface area contributed by atoms with Crippen LogP contribution in [0.2, 0.25) is 0 Å². The fourth-order valence-corrected chi connectivity index (χ4v) is 1.54. The lowest BCUT2D eigenvalue weighted by Gasteiger charge is -1.97. The first kappa shape index (κ1) is 9.45. The first-order valence-corrected chi connectivity index (χ1v) is 4.34. The van der Waals surface area contributed by atoms with E-state index in [9.17, 15) is 9.59 Å². The van der Waals surface area contributed by atoms with Crippen molar-refractivity contribution in [1.29, 1.82) is 0 Å². The number of hydrogen-bond donors (Lipinski definition) is 1. The van der Waals surface area contributed by atoms with E-state index in [4.69, 9.17) is 9.52 Å². The molecule has 0 radical (unpaired) electrons. The Morgan fingerprint density at radius 1 is 1.40 bits per heavy atom. The van der Waals surface area contributed by atoms with Crippen molar-refractivity contribution in [2.45, 2.75) is 6.92 Å². The third kappa shape index (κ3) is 1.50. The van der Waals surface area contributed by atoms with Gasteiger partial charge in [-0.15, -0.1) is 0 Å². The van der Waals surface area contributed by atoms with Gasteiger partial charge in [-0.3, -0.25) is 4.79 Å². The molecule has 15 heavy (non-hydrogen) atoms. The van der Waals surface area contributed by atoms with E-state index in [1.165, 1.54) is 12.1 Å². The highest BCUT2D eigenvalue weighted by molar-refractivity contribution is 6.02. The molecule has 1 heterocycles. The van der Waals surface area contributed by atoms with E-state index in [0.717, 1.165) is 5.56 Å². The van der Waals surface area contributed by atoms with E-state index in [1.807, 2.05) is 0 Å². The van der Waals surface area contributed by atoms with Crippen LogP contribution in [0, 0.1) is 6.92 Å². The van der Waals surface area contributed by atoms with Crippen molar-refractivity contribution in [3.63, 3.8) is 0 Å². The summed E-state index contributed by atoms with van der Waals surface area (Å²) >= 11 is 0. The van der Waals surface area contributed by atoms with Gasteiger partial charge in [0.05, 0.1) is 0 Å². The van der Waals surface area contributed by atoms with Crippen LogP contribution in [0.15, 0.2) is 22.6 Å². The fourth-order valence-electron chi connectivity index (χ4n) is 1.54. The molecule has 0 amide bonds. The van der Waals surface area contributed by atoms with E-state index in [-0.39, 0.29) is 16.9 Å². The second-order valence-corrected chi connectivity index (χ2v) is 3.30. The van der Waals surface area contributed by atoms with Crippen LogP contribution in [-0.2, 0) is 0 Å². The Hall–Kier alpha value is -2.10. The molecule has 4 nitrogen and oxygen atoms in total. The Kier molecular flexibility index (Phi) is 2.04. The lowest BCUT2D eigenvalue weighted by atomic mass is 10.1. The summed E-state index contributed by atoms with van der Waals surface area (Å²) in [5, 5.41) is 9.57. The summed E-state index contributed by atoms with van der Waals surface area (Å²) in [4.78, 5) is 21.4. The summed E-state index contributed by atoms with van der Waals surface area (Å²) in [5.41, 5.74) is 1.14. The normalized spacial score (nSPS) is 10.5. The number of hydrogen-bond acceptors (Lipinski definition) is 3. The number of aryl methyl sites for hydroxylation is 1. The summed E-state index contributed by atoms with van der Waals surface area (Å²) in [6.07, 6.45) is 0.557. The number of fused-ring (bicyclic) bond motifs is 1. The van der Waals surface area contributed by atoms with Crippen LogP contribution in [0.25, 0.3) is 11.0 Å². The van der Waals surface area contributed by atoms with Gasteiger partial charge < -0.3 is 9.52 Å². The van der Waals surface area contributed by atoms with Crippen molar-refractivity contribution in [1.82, 2.24) is 0 Å². The van der Waals surface area contributed by atoms with Gasteiger partial charge in [-0.1, -0.05) is 0 Å². The van der Waals surface area contributed by atoms with Crippen molar-refractivity contribution >= 4 is 23.2 Å². The zero-order valence-electron chi connectivity index (χ0n) is 7.98. The van der Waals surface area contributed by atoms with E-state index < -0.39 is 5.97 Å². The highest BCUT2D eigenvalue weighted by Gasteiger charge is 2.14. The van der Waals surface area contributed by atoms with Crippen molar-refractivity contribution in [2.75, 3.05) is 0 Å². The number of carbonyl (C=O) groups is 2. The lowest BCUT2D eigenvalue weighted by molar-refractivity contribution is 0.0697. The van der Waals surface area contributed by atoms with Gasteiger partial charge in [-0.05, 0) is 30.7 Å². The first-order valence-electron chi connectivity index (χ1n) is 4.34. The molecule has 4 heteroatoms. The molecule has 0 saturated heterocycles. The summed E-state index contributed by atoms with van der Waals surface area (Å²) in [5.74, 6) is -0.923. The molecule has 0 aliphatic heterocycles. The molecule has 0 bridgehead atoms. The Balaban J connectivity index is 2.83. The average molecular weight is 204 g/mol. The van der Waals surface area contributed by atoms with Crippen molar-refractivity contribution in [2.24, 2.45) is 0 Å². The maximum atomic E-state index is 10.9. The third-order valence-corrected chi connectivity index (χ3v) is 2.13. The molecule has 0 fully saturated rings. The van der Waals surface area contributed by atoms with Gasteiger partial charge in [-0.25, -0.2) is 4.79 Å². The Morgan fingerprint density at radius 3 is 2.73 bits per heavy atom. The monoisotopic (exact) mass is 204 g/mol. The number of carboxylic acids is 1. The molecule has 0 spiro atoms. The van der Waals surface area contributed by atoms with Crippen LogP contribution in [0.4, 0.5) is 0 Å². The van der Waals surface area contributed by atoms with Crippen molar-refractivity contribution < 1.29 is 19.1 Å². The SMILES string of the molecule is Cc1cc(C(=O)O)c2oc(C=O)cc2c1. The summed E-state index contributed by atoms with van der Waals surface area (Å²) < 4.78 is 5.12. The summed E-state index contributed by atoms with van der Waals surface area (Å²) in [6, 6.07) is 4.82. The highest BCUT2D eigenvalue weighted by atomic mass is 16.4. The van der Waals surface area contributed by atoms with Crippen LogP contribution in [0.1, 0.15) is 26.5 Å². The van der Waals surface area contributed by atoms with Crippen LogP contribution in [0.3, 0.4) is 0 Å². The minimum Gasteiger partial charge on any atom is -0.478 e. The number of furan rings is 1. The molecule has 1 aromatic heterocycles. The van der Waals surface area contributed by atoms with E-state index >= 15 is 0 Å². The first-order chi connectivity index (χ1) is 7.11.